The second-order valence-corrected chi connectivity index (χ2v) is 6.93. The van der Waals surface area contributed by atoms with Crippen molar-refractivity contribution in [1.82, 2.24) is 24.7 Å². The quantitative estimate of drug-likeness (QED) is 0.805. The van der Waals surface area contributed by atoms with Crippen molar-refractivity contribution < 1.29 is 4.74 Å². The van der Waals surface area contributed by atoms with Crippen molar-refractivity contribution in [2.24, 2.45) is 5.92 Å². The fraction of sp³-hybridized carbons (Fsp3) is 0.765. The Balaban J connectivity index is 1.47. The van der Waals surface area contributed by atoms with Gasteiger partial charge in [0.15, 0.2) is 0 Å². The minimum atomic E-state index is 0.445. The molecular weight excluding hydrogens is 290 g/mol. The van der Waals surface area contributed by atoms with E-state index in [-0.39, 0.29) is 0 Å². The molecule has 1 aromatic rings. The number of hydrogen-bond donors (Lipinski definition) is 0. The van der Waals surface area contributed by atoms with Crippen LogP contribution >= 0.6 is 0 Å². The highest BCUT2D eigenvalue weighted by molar-refractivity contribution is 5.07. The predicted molar refractivity (Wildman–Crippen MR) is 90.5 cm³/mol. The summed E-state index contributed by atoms with van der Waals surface area (Å²) in [4.78, 5) is 16.0. The number of methoxy groups -OCH3 is 1. The van der Waals surface area contributed by atoms with E-state index in [9.17, 15) is 0 Å². The molecule has 6 nitrogen and oxygen atoms in total. The standard InChI is InChI=1S/C17H29N5O/c1-20-6-8-21(9-7-20)12-15-4-3-5-22(13-15)14-16-10-18-17(23-2)19-11-16/h10-11,15H,3-9,12-14H2,1-2H3. The molecular formula is C17H29N5O. The molecule has 0 bridgehead atoms. The monoisotopic (exact) mass is 319 g/mol. The molecule has 0 aliphatic carbocycles. The van der Waals surface area contributed by atoms with E-state index < -0.39 is 0 Å². The molecule has 6 heteroatoms. The number of nitrogens with zero attached hydrogens (tertiary/aromatic N) is 5. The zero-order valence-corrected chi connectivity index (χ0v) is 14.4. The first-order valence-corrected chi connectivity index (χ1v) is 8.71. The van der Waals surface area contributed by atoms with Gasteiger partial charge in [-0.2, -0.15) is 0 Å². The average molecular weight is 319 g/mol. The molecule has 0 spiro atoms. The lowest BCUT2D eigenvalue weighted by Gasteiger charge is -2.38. The Labute approximate surface area is 139 Å². The molecule has 23 heavy (non-hydrogen) atoms. The van der Waals surface area contributed by atoms with Crippen molar-refractivity contribution in [3.63, 3.8) is 0 Å². The first kappa shape index (κ1) is 16.6. The van der Waals surface area contributed by atoms with Crippen LogP contribution < -0.4 is 4.74 Å². The van der Waals surface area contributed by atoms with Gasteiger partial charge in [-0.15, -0.1) is 0 Å². The number of ether oxygens (including phenoxy) is 1. The van der Waals surface area contributed by atoms with Crippen LogP contribution in [0.4, 0.5) is 0 Å². The van der Waals surface area contributed by atoms with Gasteiger partial charge >= 0.3 is 6.01 Å². The van der Waals surface area contributed by atoms with Gasteiger partial charge in [-0.25, -0.2) is 9.97 Å². The Bertz CT molecular complexity index is 472. The van der Waals surface area contributed by atoms with Gasteiger partial charge in [0.2, 0.25) is 0 Å². The topological polar surface area (TPSA) is 44.7 Å². The first-order valence-electron chi connectivity index (χ1n) is 8.71. The Morgan fingerprint density at radius 3 is 2.52 bits per heavy atom. The van der Waals surface area contributed by atoms with Gasteiger partial charge in [0.1, 0.15) is 0 Å². The van der Waals surface area contributed by atoms with Crippen LogP contribution in [-0.4, -0.2) is 84.6 Å². The lowest BCUT2D eigenvalue weighted by Crippen LogP contribution is -2.48. The number of likely N-dealkylation sites (tertiary alicyclic amines) is 1. The van der Waals surface area contributed by atoms with Crippen LogP contribution in [0.15, 0.2) is 12.4 Å². The molecule has 0 aromatic carbocycles. The van der Waals surface area contributed by atoms with E-state index >= 15 is 0 Å². The van der Waals surface area contributed by atoms with E-state index in [1.165, 1.54) is 64.2 Å². The van der Waals surface area contributed by atoms with Crippen molar-refractivity contribution in [3.8, 4) is 6.01 Å². The summed E-state index contributed by atoms with van der Waals surface area (Å²) in [7, 11) is 3.82. The van der Waals surface area contributed by atoms with Crippen molar-refractivity contribution in [2.75, 3.05) is 60.0 Å². The number of likely N-dealkylation sites (N-methyl/N-ethyl adjacent to an activating group) is 1. The lowest BCUT2D eigenvalue weighted by molar-refractivity contribution is 0.0965. The normalized spacial score (nSPS) is 24.7. The summed E-state index contributed by atoms with van der Waals surface area (Å²) in [6.45, 7) is 9.44. The fourth-order valence-electron chi connectivity index (χ4n) is 3.63. The zero-order chi connectivity index (χ0) is 16.1. The maximum absolute atomic E-state index is 5.02. The van der Waals surface area contributed by atoms with E-state index in [4.69, 9.17) is 4.74 Å². The number of piperidine rings is 1. The zero-order valence-electron chi connectivity index (χ0n) is 14.4. The summed E-state index contributed by atoms with van der Waals surface area (Å²) >= 11 is 0. The van der Waals surface area contributed by atoms with Crippen LogP contribution in [0.3, 0.4) is 0 Å². The minimum Gasteiger partial charge on any atom is -0.467 e. The molecule has 0 amide bonds. The summed E-state index contributed by atoms with van der Waals surface area (Å²) in [5.74, 6) is 0.798. The predicted octanol–water partition coefficient (Wildman–Crippen LogP) is 0.945. The molecule has 0 saturated carbocycles. The van der Waals surface area contributed by atoms with Crippen molar-refractivity contribution in [3.05, 3.63) is 18.0 Å². The third-order valence-electron chi connectivity index (χ3n) is 4.99. The molecule has 1 aromatic heterocycles. The van der Waals surface area contributed by atoms with E-state index in [0.717, 1.165) is 12.5 Å². The molecule has 2 aliphatic heterocycles. The highest BCUT2D eigenvalue weighted by Crippen LogP contribution is 2.20. The summed E-state index contributed by atoms with van der Waals surface area (Å²) in [5, 5.41) is 0. The van der Waals surface area contributed by atoms with E-state index in [1.54, 1.807) is 7.11 Å². The van der Waals surface area contributed by atoms with Crippen LogP contribution in [0.5, 0.6) is 6.01 Å². The van der Waals surface area contributed by atoms with Gasteiger partial charge in [-0.1, -0.05) is 0 Å². The largest absolute Gasteiger partial charge is 0.467 e. The molecule has 2 aliphatic rings. The van der Waals surface area contributed by atoms with Gasteiger partial charge < -0.3 is 14.5 Å². The van der Waals surface area contributed by atoms with Crippen molar-refractivity contribution >= 4 is 0 Å². The number of hydrogen-bond acceptors (Lipinski definition) is 6. The highest BCUT2D eigenvalue weighted by Gasteiger charge is 2.23. The average Bonchev–Trinajstić information content (AvgIpc) is 2.58. The third kappa shape index (κ3) is 4.86. The van der Waals surface area contributed by atoms with Gasteiger partial charge in [0, 0.05) is 63.8 Å². The Morgan fingerprint density at radius 1 is 1.09 bits per heavy atom. The summed E-state index contributed by atoms with van der Waals surface area (Å²) < 4.78 is 5.02. The Morgan fingerprint density at radius 2 is 1.83 bits per heavy atom. The number of piperazine rings is 1. The Kier molecular flexibility index (Phi) is 5.80. The van der Waals surface area contributed by atoms with E-state index in [2.05, 4.69) is 31.7 Å². The summed E-state index contributed by atoms with van der Waals surface area (Å²) in [6.07, 6.45) is 6.43. The molecule has 3 rings (SSSR count). The minimum absolute atomic E-state index is 0.445. The maximum atomic E-state index is 5.02. The van der Waals surface area contributed by atoms with Crippen LogP contribution in [-0.2, 0) is 6.54 Å². The van der Waals surface area contributed by atoms with Crippen LogP contribution in [0.2, 0.25) is 0 Å². The van der Waals surface area contributed by atoms with Crippen LogP contribution in [0, 0.1) is 5.92 Å². The van der Waals surface area contributed by atoms with E-state index in [0.29, 0.717) is 6.01 Å². The second kappa shape index (κ2) is 8.04. The SMILES string of the molecule is COc1ncc(CN2CCCC(CN3CCN(C)CC3)C2)cn1. The third-order valence-corrected chi connectivity index (χ3v) is 4.99. The molecule has 128 valence electrons. The van der Waals surface area contributed by atoms with Gasteiger partial charge in [0.25, 0.3) is 0 Å². The fourth-order valence-corrected chi connectivity index (χ4v) is 3.63. The highest BCUT2D eigenvalue weighted by atomic mass is 16.5. The Hall–Kier alpha value is -1.24. The molecule has 2 fully saturated rings. The second-order valence-electron chi connectivity index (χ2n) is 6.93. The van der Waals surface area contributed by atoms with E-state index in [1.807, 2.05) is 12.4 Å². The number of aromatic nitrogens is 2. The van der Waals surface area contributed by atoms with Crippen molar-refractivity contribution in [1.29, 1.82) is 0 Å². The molecule has 1 atom stereocenters. The maximum Gasteiger partial charge on any atom is 0.316 e. The molecule has 0 N–H and O–H groups in total. The number of rotatable bonds is 5. The summed E-state index contributed by atoms with van der Waals surface area (Å²) in [5.41, 5.74) is 1.17. The first-order chi connectivity index (χ1) is 11.2. The molecule has 3 heterocycles. The van der Waals surface area contributed by atoms with Gasteiger partial charge in [0.05, 0.1) is 7.11 Å². The molecule has 2 saturated heterocycles. The van der Waals surface area contributed by atoms with Crippen molar-refractivity contribution in [2.45, 2.75) is 19.4 Å². The molecule has 1 unspecified atom stereocenters. The van der Waals surface area contributed by atoms with Gasteiger partial charge in [-0.05, 0) is 32.4 Å². The van der Waals surface area contributed by atoms with Gasteiger partial charge in [-0.3, -0.25) is 4.90 Å². The lowest BCUT2D eigenvalue weighted by atomic mass is 9.97. The summed E-state index contributed by atoms with van der Waals surface area (Å²) in [6, 6.07) is 0.445. The van der Waals surface area contributed by atoms with Crippen LogP contribution in [0.1, 0.15) is 18.4 Å². The smallest absolute Gasteiger partial charge is 0.316 e. The molecule has 0 radical (unpaired) electrons. The van der Waals surface area contributed by atoms with Crippen LogP contribution in [0.25, 0.3) is 0 Å².